The number of carbonyl (C=O) groups is 1. The molecule has 0 aliphatic carbocycles. The van der Waals surface area contributed by atoms with Crippen molar-refractivity contribution in [2.24, 2.45) is 0 Å². The number of nitrogens with zero attached hydrogens (tertiary/aromatic N) is 1. The molecule has 0 spiro atoms. The van der Waals surface area contributed by atoms with Crippen molar-refractivity contribution in [1.82, 2.24) is 4.37 Å². The Morgan fingerprint density at radius 1 is 1.50 bits per heavy atom. The average molecular weight is 243 g/mol. The zero-order chi connectivity index (χ0) is 11.9. The minimum absolute atomic E-state index is 0.0714. The standard InChI is InChI=1S/C10H7F2NO2S/c1-10(11,12)8-6-3-2-5(9(14)15)4-7(6)16-13-8/h2-4H,1H3,(H,14,15). The first-order valence-electron chi connectivity index (χ1n) is 4.40. The zero-order valence-electron chi connectivity index (χ0n) is 8.20. The molecule has 0 unspecified atom stereocenters. The molecule has 0 bridgehead atoms. The molecule has 1 aromatic carbocycles. The lowest BCUT2D eigenvalue weighted by Gasteiger charge is -2.06. The van der Waals surface area contributed by atoms with E-state index in [4.69, 9.17) is 5.11 Å². The van der Waals surface area contributed by atoms with Gasteiger partial charge in [-0.25, -0.2) is 4.79 Å². The minimum atomic E-state index is -3.01. The van der Waals surface area contributed by atoms with Gasteiger partial charge in [0.15, 0.2) is 0 Å². The number of hydrogen-bond acceptors (Lipinski definition) is 3. The fraction of sp³-hybridized carbons (Fsp3) is 0.200. The van der Waals surface area contributed by atoms with Crippen LogP contribution in [0.5, 0.6) is 0 Å². The van der Waals surface area contributed by atoms with Gasteiger partial charge < -0.3 is 5.11 Å². The number of aromatic nitrogens is 1. The van der Waals surface area contributed by atoms with Crippen molar-refractivity contribution < 1.29 is 18.7 Å². The molecule has 0 amide bonds. The highest BCUT2D eigenvalue weighted by molar-refractivity contribution is 7.13. The molecule has 0 aliphatic rings. The summed E-state index contributed by atoms with van der Waals surface area (Å²) in [4.78, 5) is 10.7. The lowest BCUT2D eigenvalue weighted by Crippen LogP contribution is -2.07. The van der Waals surface area contributed by atoms with Gasteiger partial charge in [-0.1, -0.05) is 6.07 Å². The molecule has 2 aromatic rings. The first-order chi connectivity index (χ1) is 7.39. The smallest absolute Gasteiger partial charge is 0.335 e. The van der Waals surface area contributed by atoms with Gasteiger partial charge in [0.2, 0.25) is 0 Å². The second-order valence-corrected chi connectivity index (χ2v) is 4.24. The van der Waals surface area contributed by atoms with E-state index in [-0.39, 0.29) is 11.3 Å². The van der Waals surface area contributed by atoms with Gasteiger partial charge in [0, 0.05) is 12.3 Å². The maximum absolute atomic E-state index is 13.1. The Morgan fingerprint density at radius 2 is 2.19 bits per heavy atom. The Kier molecular flexibility index (Phi) is 2.38. The topological polar surface area (TPSA) is 50.2 Å². The summed E-state index contributed by atoms with van der Waals surface area (Å²) in [6.45, 7) is 0.770. The van der Waals surface area contributed by atoms with E-state index in [1.807, 2.05) is 0 Å². The van der Waals surface area contributed by atoms with Crippen molar-refractivity contribution in [3.63, 3.8) is 0 Å². The highest BCUT2D eigenvalue weighted by Gasteiger charge is 2.30. The molecule has 2 rings (SSSR count). The number of carboxylic acids is 1. The molecule has 0 radical (unpaired) electrons. The van der Waals surface area contributed by atoms with E-state index in [0.29, 0.717) is 10.1 Å². The lowest BCUT2D eigenvalue weighted by molar-refractivity contribution is 0.0154. The summed E-state index contributed by atoms with van der Waals surface area (Å²) in [6.07, 6.45) is 0. The van der Waals surface area contributed by atoms with Crippen LogP contribution >= 0.6 is 11.5 Å². The average Bonchev–Trinajstić information content (AvgIpc) is 2.58. The number of halogens is 2. The van der Waals surface area contributed by atoms with E-state index in [9.17, 15) is 13.6 Å². The molecular formula is C10H7F2NO2S. The van der Waals surface area contributed by atoms with Crippen molar-refractivity contribution >= 4 is 27.6 Å². The van der Waals surface area contributed by atoms with E-state index >= 15 is 0 Å². The van der Waals surface area contributed by atoms with Gasteiger partial charge in [0.1, 0.15) is 5.69 Å². The summed E-state index contributed by atoms with van der Waals surface area (Å²) in [7, 11) is 0. The Morgan fingerprint density at radius 3 is 2.75 bits per heavy atom. The fourth-order valence-corrected chi connectivity index (χ4v) is 2.28. The molecule has 6 heteroatoms. The monoisotopic (exact) mass is 243 g/mol. The second kappa shape index (κ2) is 3.48. The van der Waals surface area contributed by atoms with Crippen molar-refractivity contribution in [2.45, 2.75) is 12.8 Å². The largest absolute Gasteiger partial charge is 0.478 e. The predicted molar refractivity (Wildman–Crippen MR) is 56.1 cm³/mol. The summed E-state index contributed by atoms with van der Waals surface area (Å²) in [5, 5.41) is 9.05. The summed E-state index contributed by atoms with van der Waals surface area (Å²) in [5.41, 5.74) is -0.230. The molecular weight excluding hydrogens is 236 g/mol. The number of hydrogen-bond donors (Lipinski definition) is 1. The normalized spacial score (nSPS) is 11.9. The van der Waals surface area contributed by atoms with Gasteiger partial charge in [0.25, 0.3) is 5.92 Å². The first kappa shape index (κ1) is 10.9. The molecule has 16 heavy (non-hydrogen) atoms. The van der Waals surface area contributed by atoms with Crippen LogP contribution < -0.4 is 0 Å². The Balaban J connectivity index is 2.64. The van der Waals surface area contributed by atoms with E-state index in [1.54, 1.807) is 0 Å². The Labute approximate surface area is 93.5 Å². The molecule has 0 fully saturated rings. The molecule has 0 saturated heterocycles. The van der Waals surface area contributed by atoms with Gasteiger partial charge in [-0.3, -0.25) is 0 Å². The quantitative estimate of drug-likeness (QED) is 0.881. The van der Waals surface area contributed by atoms with Crippen LogP contribution in [0.25, 0.3) is 10.1 Å². The van der Waals surface area contributed by atoms with Crippen LogP contribution in [0.4, 0.5) is 8.78 Å². The summed E-state index contributed by atoms with van der Waals surface area (Å²) in [6, 6.07) is 4.02. The minimum Gasteiger partial charge on any atom is -0.478 e. The van der Waals surface area contributed by atoms with Crippen LogP contribution in [-0.2, 0) is 5.92 Å². The summed E-state index contributed by atoms with van der Waals surface area (Å²) in [5.74, 6) is -4.09. The van der Waals surface area contributed by atoms with E-state index in [0.717, 1.165) is 18.5 Å². The van der Waals surface area contributed by atoms with Gasteiger partial charge in [-0.05, 0) is 23.7 Å². The Hall–Kier alpha value is -1.56. The maximum Gasteiger partial charge on any atom is 0.335 e. The third kappa shape index (κ3) is 1.76. The summed E-state index contributed by atoms with van der Waals surface area (Å²) < 4.78 is 30.3. The fourth-order valence-electron chi connectivity index (χ4n) is 1.39. The number of aromatic carboxylic acids is 1. The summed E-state index contributed by atoms with van der Waals surface area (Å²) >= 11 is 0.879. The maximum atomic E-state index is 13.1. The van der Waals surface area contributed by atoms with Crippen LogP contribution in [-0.4, -0.2) is 15.4 Å². The van der Waals surface area contributed by atoms with Gasteiger partial charge in [0.05, 0.1) is 10.3 Å². The number of rotatable bonds is 2. The van der Waals surface area contributed by atoms with Gasteiger partial charge in [-0.15, -0.1) is 0 Å². The van der Waals surface area contributed by atoms with Crippen molar-refractivity contribution in [3.05, 3.63) is 29.5 Å². The number of benzene rings is 1. The molecule has 84 valence electrons. The molecule has 1 N–H and O–H groups in total. The predicted octanol–water partition coefficient (Wildman–Crippen LogP) is 3.11. The third-order valence-electron chi connectivity index (χ3n) is 2.13. The SMILES string of the molecule is CC(F)(F)c1nsc2cc(C(=O)O)ccc12. The van der Waals surface area contributed by atoms with Crippen molar-refractivity contribution in [1.29, 1.82) is 0 Å². The van der Waals surface area contributed by atoms with Crippen LogP contribution in [0.1, 0.15) is 23.0 Å². The van der Waals surface area contributed by atoms with Gasteiger partial charge in [-0.2, -0.15) is 13.2 Å². The van der Waals surface area contributed by atoms with Gasteiger partial charge >= 0.3 is 5.97 Å². The van der Waals surface area contributed by atoms with Crippen LogP contribution in [0.15, 0.2) is 18.2 Å². The Bertz CT molecular complexity index is 559. The molecule has 3 nitrogen and oxygen atoms in total. The third-order valence-corrected chi connectivity index (χ3v) is 2.94. The van der Waals surface area contributed by atoms with E-state index < -0.39 is 11.9 Å². The molecule has 1 heterocycles. The molecule has 1 aromatic heterocycles. The first-order valence-corrected chi connectivity index (χ1v) is 5.18. The number of carboxylic acid groups (broad SMARTS) is 1. The van der Waals surface area contributed by atoms with Crippen LogP contribution in [0.3, 0.4) is 0 Å². The van der Waals surface area contributed by atoms with Crippen molar-refractivity contribution in [3.8, 4) is 0 Å². The van der Waals surface area contributed by atoms with Crippen LogP contribution in [0, 0.1) is 0 Å². The molecule has 0 atom stereocenters. The second-order valence-electron chi connectivity index (χ2n) is 3.44. The molecule has 0 aliphatic heterocycles. The highest BCUT2D eigenvalue weighted by atomic mass is 32.1. The van der Waals surface area contributed by atoms with Crippen LogP contribution in [0.2, 0.25) is 0 Å². The number of fused-ring (bicyclic) bond motifs is 1. The highest BCUT2D eigenvalue weighted by Crippen LogP contribution is 2.34. The van der Waals surface area contributed by atoms with E-state index in [2.05, 4.69) is 4.37 Å². The zero-order valence-corrected chi connectivity index (χ0v) is 9.02. The number of alkyl halides is 2. The van der Waals surface area contributed by atoms with E-state index in [1.165, 1.54) is 18.2 Å². The lowest BCUT2D eigenvalue weighted by atomic mass is 10.1. The molecule has 0 saturated carbocycles. The van der Waals surface area contributed by atoms with Crippen molar-refractivity contribution in [2.75, 3.05) is 0 Å².